The van der Waals surface area contributed by atoms with Crippen molar-refractivity contribution >= 4 is 6.41 Å². The number of carbonyl (C=O) groups excluding carboxylic acids is 1. The first kappa shape index (κ1) is 13.5. The van der Waals surface area contributed by atoms with Gasteiger partial charge in [-0.1, -0.05) is 34.1 Å². The number of hydrogen-bond acceptors (Lipinski definition) is 1. The van der Waals surface area contributed by atoms with Gasteiger partial charge in [0.2, 0.25) is 6.41 Å². The van der Waals surface area contributed by atoms with Crippen molar-refractivity contribution in [3.63, 3.8) is 0 Å². The second kappa shape index (κ2) is 7.84. The fourth-order valence-corrected chi connectivity index (χ4v) is 1.50. The third-order valence-electron chi connectivity index (χ3n) is 2.59. The molecule has 0 saturated heterocycles. The quantitative estimate of drug-likeness (QED) is 0.550. The SMILES string of the molecule is CCC(C)CCCN(C=O)CC(C)C. The Morgan fingerprint density at radius 3 is 2.36 bits per heavy atom. The molecule has 1 amide bonds. The molecule has 0 aromatic carbocycles. The van der Waals surface area contributed by atoms with Gasteiger partial charge in [0.05, 0.1) is 0 Å². The van der Waals surface area contributed by atoms with Crippen LogP contribution in [0.1, 0.15) is 47.0 Å². The first-order valence-electron chi connectivity index (χ1n) is 5.79. The summed E-state index contributed by atoms with van der Waals surface area (Å²) in [5, 5.41) is 0. The van der Waals surface area contributed by atoms with Crippen LogP contribution in [0.2, 0.25) is 0 Å². The predicted octanol–water partition coefficient (Wildman–Crippen LogP) is 2.93. The summed E-state index contributed by atoms with van der Waals surface area (Å²) in [6.07, 6.45) is 4.60. The van der Waals surface area contributed by atoms with Gasteiger partial charge in [0.25, 0.3) is 0 Å². The van der Waals surface area contributed by atoms with Crippen molar-refractivity contribution in [3.05, 3.63) is 0 Å². The highest BCUT2D eigenvalue weighted by molar-refractivity contribution is 5.46. The minimum Gasteiger partial charge on any atom is -0.345 e. The van der Waals surface area contributed by atoms with Crippen molar-refractivity contribution in [1.29, 1.82) is 0 Å². The van der Waals surface area contributed by atoms with E-state index in [0.717, 1.165) is 31.8 Å². The Morgan fingerprint density at radius 1 is 1.29 bits per heavy atom. The van der Waals surface area contributed by atoms with Gasteiger partial charge in [-0.2, -0.15) is 0 Å². The van der Waals surface area contributed by atoms with Gasteiger partial charge in [-0.3, -0.25) is 4.79 Å². The third-order valence-corrected chi connectivity index (χ3v) is 2.59. The average Bonchev–Trinajstić information content (AvgIpc) is 2.15. The van der Waals surface area contributed by atoms with Crippen molar-refractivity contribution < 1.29 is 4.79 Å². The molecular formula is C12H25NO. The molecule has 2 heteroatoms. The maximum atomic E-state index is 10.7. The van der Waals surface area contributed by atoms with Crippen LogP contribution in [0.15, 0.2) is 0 Å². The van der Waals surface area contributed by atoms with Crippen LogP contribution in [0.5, 0.6) is 0 Å². The van der Waals surface area contributed by atoms with Gasteiger partial charge in [0.1, 0.15) is 0 Å². The summed E-state index contributed by atoms with van der Waals surface area (Å²) >= 11 is 0. The Hall–Kier alpha value is -0.530. The lowest BCUT2D eigenvalue weighted by Gasteiger charge is -2.20. The second-order valence-electron chi connectivity index (χ2n) is 4.65. The summed E-state index contributed by atoms with van der Waals surface area (Å²) in [6, 6.07) is 0. The monoisotopic (exact) mass is 199 g/mol. The number of hydrogen-bond donors (Lipinski definition) is 0. The van der Waals surface area contributed by atoms with E-state index in [2.05, 4.69) is 27.7 Å². The van der Waals surface area contributed by atoms with Crippen molar-refractivity contribution in [2.75, 3.05) is 13.1 Å². The van der Waals surface area contributed by atoms with Gasteiger partial charge in [-0.05, 0) is 24.7 Å². The van der Waals surface area contributed by atoms with E-state index in [1.54, 1.807) is 0 Å². The molecule has 0 bridgehead atoms. The Kier molecular flexibility index (Phi) is 7.54. The van der Waals surface area contributed by atoms with E-state index < -0.39 is 0 Å². The largest absolute Gasteiger partial charge is 0.345 e. The molecule has 0 heterocycles. The Labute approximate surface area is 88.7 Å². The molecule has 0 aromatic rings. The van der Waals surface area contributed by atoms with Gasteiger partial charge in [-0.15, -0.1) is 0 Å². The third kappa shape index (κ3) is 6.93. The van der Waals surface area contributed by atoms with E-state index in [9.17, 15) is 4.79 Å². The minimum absolute atomic E-state index is 0.573. The lowest BCUT2D eigenvalue weighted by atomic mass is 10.0. The van der Waals surface area contributed by atoms with Crippen LogP contribution in [0, 0.1) is 11.8 Å². The molecule has 0 spiro atoms. The molecule has 1 atom stereocenters. The summed E-state index contributed by atoms with van der Waals surface area (Å²) in [6.45, 7) is 10.6. The molecular weight excluding hydrogens is 174 g/mol. The molecule has 1 unspecified atom stereocenters. The standard InChI is InChI=1S/C12H25NO/c1-5-12(4)7-6-8-13(10-14)9-11(2)3/h10-12H,5-9H2,1-4H3. The highest BCUT2D eigenvalue weighted by Gasteiger charge is 2.05. The molecule has 0 aromatic heterocycles. The molecule has 0 saturated carbocycles. The number of amides is 1. The molecule has 0 aliphatic carbocycles. The molecule has 0 aliphatic heterocycles. The summed E-state index contributed by atoms with van der Waals surface area (Å²) in [5.41, 5.74) is 0. The van der Waals surface area contributed by atoms with Crippen molar-refractivity contribution in [1.82, 2.24) is 4.90 Å². The number of carbonyl (C=O) groups is 1. The van der Waals surface area contributed by atoms with Crippen LogP contribution in [0.3, 0.4) is 0 Å². The van der Waals surface area contributed by atoms with Crippen LogP contribution in [-0.4, -0.2) is 24.4 Å². The second-order valence-corrected chi connectivity index (χ2v) is 4.65. The first-order valence-corrected chi connectivity index (χ1v) is 5.79. The van der Waals surface area contributed by atoms with E-state index in [1.165, 1.54) is 12.8 Å². The van der Waals surface area contributed by atoms with E-state index >= 15 is 0 Å². The lowest BCUT2D eigenvalue weighted by molar-refractivity contribution is -0.118. The maximum absolute atomic E-state index is 10.7. The normalized spacial score (nSPS) is 12.9. The van der Waals surface area contributed by atoms with E-state index in [1.807, 2.05) is 4.90 Å². The molecule has 14 heavy (non-hydrogen) atoms. The highest BCUT2D eigenvalue weighted by Crippen LogP contribution is 2.09. The Morgan fingerprint density at radius 2 is 1.93 bits per heavy atom. The van der Waals surface area contributed by atoms with Gasteiger partial charge in [0, 0.05) is 13.1 Å². The smallest absolute Gasteiger partial charge is 0.209 e. The molecule has 0 radical (unpaired) electrons. The van der Waals surface area contributed by atoms with Crippen LogP contribution < -0.4 is 0 Å². The van der Waals surface area contributed by atoms with E-state index in [-0.39, 0.29) is 0 Å². The fourth-order valence-electron chi connectivity index (χ4n) is 1.50. The molecule has 84 valence electrons. The zero-order chi connectivity index (χ0) is 11.0. The van der Waals surface area contributed by atoms with Crippen LogP contribution in [-0.2, 0) is 4.79 Å². The maximum Gasteiger partial charge on any atom is 0.209 e. The molecule has 0 N–H and O–H groups in total. The summed E-state index contributed by atoms with van der Waals surface area (Å²) in [7, 11) is 0. The summed E-state index contributed by atoms with van der Waals surface area (Å²) < 4.78 is 0. The van der Waals surface area contributed by atoms with Crippen LogP contribution >= 0.6 is 0 Å². The minimum atomic E-state index is 0.573. The zero-order valence-electron chi connectivity index (χ0n) is 10.1. The van der Waals surface area contributed by atoms with Crippen molar-refractivity contribution in [3.8, 4) is 0 Å². The zero-order valence-corrected chi connectivity index (χ0v) is 10.1. The fraction of sp³-hybridized carbons (Fsp3) is 0.917. The molecule has 2 nitrogen and oxygen atoms in total. The molecule has 0 aliphatic rings. The van der Waals surface area contributed by atoms with Gasteiger partial charge in [-0.25, -0.2) is 0 Å². The molecule has 0 fully saturated rings. The van der Waals surface area contributed by atoms with Gasteiger partial charge < -0.3 is 4.90 Å². The Balaban J connectivity index is 3.57. The summed E-state index contributed by atoms with van der Waals surface area (Å²) in [5.74, 6) is 1.37. The van der Waals surface area contributed by atoms with Crippen LogP contribution in [0.25, 0.3) is 0 Å². The lowest BCUT2D eigenvalue weighted by Crippen LogP contribution is -2.27. The predicted molar refractivity (Wildman–Crippen MR) is 61.2 cm³/mol. The number of nitrogens with zero attached hydrogens (tertiary/aromatic N) is 1. The van der Waals surface area contributed by atoms with Crippen LogP contribution in [0.4, 0.5) is 0 Å². The van der Waals surface area contributed by atoms with Gasteiger partial charge >= 0.3 is 0 Å². The topological polar surface area (TPSA) is 20.3 Å². The van der Waals surface area contributed by atoms with Crippen molar-refractivity contribution in [2.24, 2.45) is 11.8 Å². The number of rotatable bonds is 8. The Bertz CT molecular complexity index is 145. The van der Waals surface area contributed by atoms with E-state index in [4.69, 9.17) is 0 Å². The highest BCUT2D eigenvalue weighted by atomic mass is 16.1. The van der Waals surface area contributed by atoms with Crippen molar-refractivity contribution in [2.45, 2.75) is 47.0 Å². The first-order chi connectivity index (χ1) is 6.60. The van der Waals surface area contributed by atoms with E-state index in [0.29, 0.717) is 5.92 Å². The average molecular weight is 199 g/mol. The summed E-state index contributed by atoms with van der Waals surface area (Å²) in [4.78, 5) is 12.6. The molecule has 0 rings (SSSR count). The van der Waals surface area contributed by atoms with Gasteiger partial charge in [0.15, 0.2) is 0 Å².